The summed E-state index contributed by atoms with van der Waals surface area (Å²) in [6.07, 6.45) is 0.800. The van der Waals surface area contributed by atoms with Gasteiger partial charge in [-0.1, -0.05) is 0 Å². The summed E-state index contributed by atoms with van der Waals surface area (Å²) < 4.78 is 5.07. The molecular formula is C12H17N3O3. The van der Waals surface area contributed by atoms with Gasteiger partial charge in [-0.3, -0.25) is 10.1 Å². The van der Waals surface area contributed by atoms with Gasteiger partial charge in [0, 0.05) is 13.2 Å². The highest BCUT2D eigenvalue weighted by molar-refractivity contribution is 5.94. The number of aromatic nitrogens is 1. The Labute approximate surface area is 106 Å². The zero-order chi connectivity index (χ0) is 13.8. The van der Waals surface area contributed by atoms with Gasteiger partial charge < -0.3 is 10.1 Å². The van der Waals surface area contributed by atoms with Crippen LogP contribution in [0.25, 0.3) is 0 Å². The maximum atomic E-state index is 11.5. The second-order valence-corrected chi connectivity index (χ2v) is 4.64. The van der Waals surface area contributed by atoms with Crippen molar-refractivity contribution in [2.45, 2.75) is 26.4 Å². The van der Waals surface area contributed by atoms with E-state index in [0.29, 0.717) is 11.4 Å². The molecule has 1 heterocycles. The number of amides is 2. The molecule has 0 fully saturated rings. The van der Waals surface area contributed by atoms with E-state index in [1.54, 1.807) is 26.8 Å². The third-order valence-electron chi connectivity index (χ3n) is 1.88. The number of rotatable bonds is 2. The molecule has 6 heteroatoms. The summed E-state index contributed by atoms with van der Waals surface area (Å²) in [6, 6.07) is 3.10. The monoisotopic (exact) mass is 251 g/mol. The molecule has 1 aromatic rings. The van der Waals surface area contributed by atoms with Gasteiger partial charge in [-0.05, 0) is 32.9 Å². The van der Waals surface area contributed by atoms with E-state index in [-0.39, 0.29) is 5.91 Å². The van der Waals surface area contributed by atoms with E-state index in [2.05, 4.69) is 15.6 Å². The molecule has 1 rings (SSSR count). The van der Waals surface area contributed by atoms with Crippen LogP contribution >= 0.6 is 0 Å². The van der Waals surface area contributed by atoms with Gasteiger partial charge in [0.1, 0.15) is 11.4 Å². The molecule has 0 aliphatic rings. The normalized spacial score (nSPS) is 10.7. The highest BCUT2D eigenvalue weighted by atomic mass is 16.6. The van der Waals surface area contributed by atoms with Crippen molar-refractivity contribution in [2.75, 3.05) is 12.4 Å². The first-order valence-electron chi connectivity index (χ1n) is 5.50. The van der Waals surface area contributed by atoms with Crippen molar-refractivity contribution in [3.63, 3.8) is 0 Å². The minimum Gasteiger partial charge on any atom is -0.444 e. The predicted octanol–water partition coefficient (Wildman–Crippen LogP) is 1.79. The van der Waals surface area contributed by atoms with Gasteiger partial charge in [0.05, 0.1) is 5.56 Å². The van der Waals surface area contributed by atoms with Crippen LogP contribution in [0.4, 0.5) is 10.6 Å². The Morgan fingerprint density at radius 2 is 1.94 bits per heavy atom. The minimum absolute atomic E-state index is 0.230. The summed E-state index contributed by atoms with van der Waals surface area (Å²) in [5.74, 6) is 0.100. The van der Waals surface area contributed by atoms with Crippen LogP contribution in [-0.4, -0.2) is 29.6 Å². The maximum Gasteiger partial charge on any atom is 0.413 e. The van der Waals surface area contributed by atoms with Gasteiger partial charge >= 0.3 is 6.09 Å². The van der Waals surface area contributed by atoms with Gasteiger partial charge in [0.2, 0.25) is 0 Å². The van der Waals surface area contributed by atoms with E-state index in [9.17, 15) is 9.59 Å². The lowest BCUT2D eigenvalue weighted by Gasteiger charge is -2.19. The van der Waals surface area contributed by atoms with E-state index in [4.69, 9.17) is 4.74 Å². The number of hydrogen-bond donors (Lipinski definition) is 2. The van der Waals surface area contributed by atoms with Crippen LogP contribution in [-0.2, 0) is 4.74 Å². The molecule has 0 bridgehead atoms. The quantitative estimate of drug-likeness (QED) is 0.839. The van der Waals surface area contributed by atoms with Gasteiger partial charge in [0.25, 0.3) is 5.91 Å². The summed E-state index contributed by atoms with van der Waals surface area (Å²) in [4.78, 5) is 26.7. The summed E-state index contributed by atoms with van der Waals surface area (Å²) in [5.41, 5.74) is -0.140. The van der Waals surface area contributed by atoms with Crippen molar-refractivity contribution < 1.29 is 14.3 Å². The van der Waals surface area contributed by atoms with Crippen molar-refractivity contribution >= 4 is 17.8 Å². The van der Waals surface area contributed by atoms with Crippen LogP contribution < -0.4 is 10.6 Å². The van der Waals surface area contributed by atoms with Crippen LogP contribution in [0.3, 0.4) is 0 Å². The smallest absolute Gasteiger partial charge is 0.413 e. The number of hydrogen-bond acceptors (Lipinski definition) is 4. The third kappa shape index (κ3) is 4.40. The molecule has 0 aromatic carbocycles. The lowest BCUT2D eigenvalue weighted by Crippen LogP contribution is -2.27. The van der Waals surface area contributed by atoms with E-state index < -0.39 is 11.7 Å². The molecular weight excluding hydrogens is 234 g/mol. The van der Waals surface area contributed by atoms with Crippen LogP contribution in [0.1, 0.15) is 31.1 Å². The lowest BCUT2D eigenvalue weighted by atomic mass is 10.2. The Balaban J connectivity index is 2.64. The Bertz CT molecular complexity index is 435. The molecule has 98 valence electrons. The van der Waals surface area contributed by atoms with E-state index in [1.807, 2.05) is 0 Å². The van der Waals surface area contributed by atoms with E-state index in [1.165, 1.54) is 19.3 Å². The Morgan fingerprint density at radius 1 is 1.28 bits per heavy atom. The summed E-state index contributed by atoms with van der Waals surface area (Å²) in [7, 11) is 1.54. The molecule has 1 aromatic heterocycles. The largest absolute Gasteiger partial charge is 0.444 e. The first-order chi connectivity index (χ1) is 8.31. The fourth-order valence-corrected chi connectivity index (χ4v) is 1.15. The Hall–Kier alpha value is -2.11. The first-order valence-corrected chi connectivity index (χ1v) is 5.50. The zero-order valence-corrected chi connectivity index (χ0v) is 10.9. The number of pyridine rings is 1. The molecule has 0 saturated heterocycles. The van der Waals surface area contributed by atoms with Crippen molar-refractivity contribution in [3.05, 3.63) is 23.9 Å². The van der Waals surface area contributed by atoms with Gasteiger partial charge in [-0.2, -0.15) is 0 Å². The standard InChI is InChI=1S/C12H17N3O3/c1-12(2,3)18-11(17)15-9-6-5-8(7-14-9)10(16)13-4/h5-7H,1-4H3,(H,13,16)(H,14,15,17). The minimum atomic E-state index is -0.581. The first kappa shape index (κ1) is 14.0. The average molecular weight is 251 g/mol. The number of nitrogens with one attached hydrogen (secondary N) is 2. The van der Waals surface area contributed by atoms with Crippen molar-refractivity contribution in [3.8, 4) is 0 Å². The molecule has 0 atom stereocenters. The molecule has 0 saturated carbocycles. The molecule has 6 nitrogen and oxygen atoms in total. The number of nitrogens with zero attached hydrogens (tertiary/aromatic N) is 1. The second-order valence-electron chi connectivity index (χ2n) is 4.64. The fourth-order valence-electron chi connectivity index (χ4n) is 1.15. The summed E-state index contributed by atoms with van der Waals surface area (Å²) >= 11 is 0. The van der Waals surface area contributed by atoms with Crippen molar-refractivity contribution in [1.82, 2.24) is 10.3 Å². The second kappa shape index (κ2) is 5.48. The molecule has 2 N–H and O–H groups in total. The number of carbonyl (C=O) groups is 2. The average Bonchev–Trinajstić information content (AvgIpc) is 2.26. The summed E-state index contributed by atoms with van der Waals surface area (Å²) in [6.45, 7) is 5.32. The number of ether oxygens (including phenoxy) is 1. The van der Waals surface area contributed by atoms with E-state index >= 15 is 0 Å². The molecule has 0 radical (unpaired) electrons. The van der Waals surface area contributed by atoms with Crippen LogP contribution in [0, 0.1) is 0 Å². The topological polar surface area (TPSA) is 80.3 Å². The Morgan fingerprint density at radius 3 is 2.39 bits per heavy atom. The SMILES string of the molecule is CNC(=O)c1ccc(NC(=O)OC(C)(C)C)nc1. The third-order valence-corrected chi connectivity index (χ3v) is 1.88. The van der Waals surface area contributed by atoms with Gasteiger partial charge in [-0.25, -0.2) is 9.78 Å². The zero-order valence-electron chi connectivity index (χ0n) is 10.9. The molecule has 0 spiro atoms. The van der Waals surface area contributed by atoms with E-state index in [0.717, 1.165) is 0 Å². The van der Waals surface area contributed by atoms with Crippen LogP contribution in [0.5, 0.6) is 0 Å². The van der Waals surface area contributed by atoms with Crippen LogP contribution in [0.15, 0.2) is 18.3 Å². The molecule has 18 heavy (non-hydrogen) atoms. The lowest BCUT2D eigenvalue weighted by molar-refractivity contribution is 0.0635. The maximum absolute atomic E-state index is 11.5. The molecule has 0 aliphatic heterocycles. The highest BCUT2D eigenvalue weighted by Crippen LogP contribution is 2.10. The van der Waals surface area contributed by atoms with Crippen molar-refractivity contribution in [2.24, 2.45) is 0 Å². The fraction of sp³-hybridized carbons (Fsp3) is 0.417. The molecule has 0 aliphatic carbocycles. The van der Waals surface area contributed by atoms with Crippen LogP contribution in [0.2, 0.25) is 0 Å². The molecule has 0 unspecified atom stereocenters. The molecule has 2 amide bonds. The van der Waals surface area contributed by atoms with Gasteiger partial charge in [0.15, 0.2) is 0 Å². The number of anilines is 1. The predicted molar refractivity (Wildman–Crippen MR) is 67.5 cm³/mol. The summed E-state index contributed by atoms with van der Waals surface area (Å²) in [5, 5.41) is 4.96. The van der Waals surface area contributed by atoms with Crippen molar-refractivity contribution in [1.29, 1.82) is 0 Å². The van der Waals surface area contributed by atoms with Gasteiger partial charge in [-0.15, -0.1) is 0 Å². The number of carbonyl (C=O) groups excluding carboxylic acids is 2. The Kier molecular flexibility index (Phi) is 4.25. The highest BCUT2D eigenvalue weighted by Gasteiger charge is 2.16.